The van der Waals surface area contributed by atoms with Crippen LogP contribution in [-0.4, -0.2) is 41.6 Å². The molecule has 0 bridgehead atoms. The smallest absolute Gasteiger partial charge is 0.305 e. The van der Waals surface area contributed by atoms with Crippen LogP contribution in [0.2, 0.25) is 0 Å². The molecule has 2 rings (SSSR count). The van der Waals surface area contributed by atoms with Crippen LogP contribution < -0.4 is 0 Å². The second-order valence-electron chi connectivity index (χ2n) is 6.82. The first-order chi connectivity index (χ1) is 13.0. The number of methoxy groups -OCH3 is 1. The van der Waals surface area contributed by atoms with Crippen LogP contribution in [0.3, 0.4) is 0 Å². The summed E-state index contributed by atoms with van der Waals surface area (Å²) in [5.74, 6) is 0.00933. The third-order valence-corrected chi connectivity index (χ3v) is 5.33. The van der Waals surface area contributed by atoms with Gasteiger partial charge in [0.15, 0.2) is 0 Å². The zero-order chi connectivity index (χ0) is 19.6. The van der Waals surface area contributed by atoms with Gasteiger partial charge in [-0.05, 0) is 37.0 Å². The molecule has 1 saturated heterocycles. The van der Waals surface area contributed by atoms with Crippen LogP contribution in [0, 0.1) is 0 Å². The largest absolute Gasteiger partial charge is 0.469 e. The molecule has 27 heavy (non-hydrogen) atoms. The predicted octanol–water partition coefficient (Wildman–Crippen LogP) is 4.15. The highest BCUT2D eigenvalue weighted by atomic mass is 79.9. The molecular formula is C21H28BrNO4. The second kappa shape index (κ2) is 11.2. The molecule has 1 aliphatic heterocycles. The van der Waals surface area contributed by atoms with Gasteiger partial charge in [0.05, 0.1) is 19.3 Å². The van der Waals surface area contributed by atoms with Crippen molar-refractivity contribution in [1.29, 1.82) is 0 Å². The van der Waals surface area contributed by atoms with E-state index in [4.69, 9.17) is 0 Å². The highest BCUT2D eigenvalue weighted by Crippen LogP contribution is 2.24. The van der Waals surface area contributed by atoms with Gasteiger partial charge in [-0.3, -0.25) is 9.59 Å². The molecule has 5 nitrogen and oxygen atoms in total. The van der Waals surface area contributed by atoms with E-state index in [1.54, 1.807) is 6.08 Å². The van der Waals surface area contributed by atoms with Crippen molar-refractivity contribution >= 4 is 27.8 Å². The first-order valence-electron chi connectivity index (χ1n) is 9.49. The van der Waals surface area contributed by atoms with E-state index in [0.717, 1.165) is 48.7 Å². The SMILES string of the molecule is COC(=O)CCCCCCN1C(=O)CC[C@@H]1C=CC(O)c1cccc(Br)c1. The van der Waals surface area contributed by atoms with Crippen molar-refractivity contribution in [3.05, 3.63) is 46.5 Å². The van der Waals surface area contributed by atoms with E-state index in [9.17, 15) is 14.7 Å². The quantitative estimate of drug-likeness (QED) is 0.339. The average Bonchev–Trinajstić information content (AvgIpc) is 3.02. The first-order valence-corrected chi connectivity index (χ1v) is 10.3. The third-order valence-electron chi connectivity index (χ3n) is 4.84. The molecule has 1 aliphatic rings. The van der Waals surface area contributed by atoms with Gasteiger partial charge in [0.1, 0.15) is 0 Å². The maximum atomic E-state index is 12.2. The Morgan fingerprint density at radius 2 is 2.15 bits per heavy atom. The van der Waals surface area contributed by atoms with Gasteiger partial charge in [-0.2, -0.15) is 0 Å². The lowest BCUT2D eigenvalue weighted by atomic mass is 10.1. The fourth-order valence-electron chi connectivity index (χ4n) is 3.29. The summed E-state index contributed by atoms with van der Waals surface area (Å²) in [6.07, 6.45) is 8.54. The summed E-state index contributed by atoms with van der Waals surface area (Å²) in [4.78, 5) is 25.1. The number of likely N-dealkylation sites (tertiary alicyclic amines) is 1. The van der Waals surface area contributed by atoms with Crippen LogP contribution in [0.1, 0.15) is 56.6 Å². The molecular weight excluding hydrogens is 410 g/mol. The number of benzene rings is 1. The van der Waals surface area contributed by atoms with Gasteiger partial charge in [-0.25, -0.2) is 0 Å². The maximum Gasteiger partial charge on any atom is 0.305 e. The van der Waals surface area contributed by atoms with Crippen molar-refractivity contribution in [2.24, 2.45) is 0 Å². The minimum Gasteiger partial charge on any atom is -0.469 e. The van der Waals surface area contributed by atoms with E-state index < -0.39 is 6.10 Å². The molecule has 148 valence electrons. The van der Waals surface area contributed by atoms with Crippen LogP contribution >= 0.6 is 15.9 Å². The minimum absolute atomic E-state index is 0.0503. The lowest BCUT2D eigenvalue weighted by Gasteiger charge is -2.22. The Bertz CT molecular complexity index is 661. The zero-order valence-electron chi connectivity index (χ0n) is 15.8. The van der Waals surface area contributed by atoms with E-state index in [0.29, 0.717) is 12.8 Å². The molecule has 0 saturated carbocycles. The number of rotatable bonds is 10. The Morgan fingerprint density at radius 3 is 2.89 bits per heavy atom. The van der Waals surface area contributed by atoms with E-state index in [2.05, 4.69) is 20.7 Å². The summed E-state index contributed by atoms with van der Waals surface area (Å²) in [6, 6.07) is 7.63. The minimum atomic E-state index is -0.682. The average molecular weight is 438 g/mol. The number of ether oxygens (including phenoxy) is 1. The van der Waals surface area contributed by atoms with Crippen molar-refractivity contribution in [1.82, 2.24) is 4.90 Å². The highest BCUT2D eigenvalue weighted by Gasteiger charge is 2.28. The number of halogens is 1. The van der Waals surface area contributed by atoms with Gasteiger partial charge in [-0.15, -0.1) is 0 Å². The van der Waals surface area contributed by atoms with Gasteiger partial charge in [-0.1, -0.05) is 53.1 Å². The summed E-state index contributed by atoms with van der Waals surface area (Å²) in [7, 11) is 1.41. The first kappa shape index (κ1) is 21.6. The molecule has 1 aromatic carbocycles. The Hall–Kier alpha value is -1.66. The molecule has 0 aromatic heterocycles. The number of carbonyl (C=O) groups excluding carboxylic acids is 2. The van der Waals surface area contributed by atoms with Crippen LogP contribution in [0.5, 0.6) is 0 Å². The third kappa shape index (κ3) is 7.11. The topological polar surface area (TPSA) is 66.8 Å². The van der Waals surface area contributed by atoms with E-state index in [1.807, 2.05) is 35.2 Å². The standard InChI is InChI=1S/C21H28BrNO4/c1-27-21(26)9-4-2-3-5-14-23-18(11-13-20(23)25)10-12-19(24)16-7-6-8-17(22)15-16/h6-8,10,12,15,18-19,24H,2-5,9,11,13-14H2,1H3/t18-,19?/m0/s1. The van der Waals surface area contributed by atoms with Crippen molar-refractivity contribution in [3.63, 3.8) is 0 Å². The number of amides is 1. The van der Waals surface area contributed by atoms with Gasteiger partial charge in [0, 0.05) is 23.9 Å². The molecule has 1 aromatic rings. The number of carbonyl (C=O) groups is 2. The maximum absolute atomic E-state index is 12.2. The fraction of sp³-hybridized carbons (Fsp3) is 0.524. The number of nitrogens with zero attached hydrogens (tertiary/aromatic N) is 1. The van der Waals surface area contributed by atoms with Gasteiger partial charge in [0.2, 0.25) is 5.91 Å². The van der Waals surface area contributed by atoms with Crippen LogP contribution in [-0.2, 0) is 14.3 Å². The number of hydrogen-bond donors (Lipinski definition) is 1. The summed E-state index contributed by atoms with van der Waals surface area (Å²) >= 11 is 3.41. The summed E-state index contributed by atoms with van der Waals surface area (Å²) in [5.41, 5.74) is 0.821. The molecule has 0 radical (unpaired) electrons. The van der Waals surface area contributed by atoms with Gasteiger partial charge in [0.25, 0.3) is 0 Å². The van der Waals surface area contributed by atoms with Crippen LogP contribution in [0.15, 0.2) is 40.9 Å². The molecule has 0 spiro atoms. The van der Waals surface area contributed by atoms with E-state index in [-0.39, 0.29) is 17.9 Å². The molecule has 0 aliphatic carbocycles. The van der Waals surface area contributed by atoms with Crippen molar-refractivity contribution in [2.45, 2.75) is 57.1 Å². The molecule has 1 fully saturated rings. The van der Waals surface area contributed by atoms with Crippen molar-refractivity contribution in [3.8, 4) is 0 Å². The predicted molar refractivity (Wildman–Crippen MR) is 108 cm³/mol. The molecule has 1 N–H and O–H groups in total. The van der Waals surface area contributed by atoms with Gasteiger partial charge >= 0.3 is 5.97 Å². The number of aliphatic hydroxyl groups excluding tert-OH is 1. The Balaban J connectivity index is 1.78. The number of esters is 1. The Labute approximate surface area is 169 Å². The van der Waals surface area contributed by atoms with E-state index >= 15 is 0 Å². The molecule has 2 atom stereocenters. The highest BCUT2D eigenvalue weighted by molar-refractivity contribution is 9.10. The van der Waals surface area contributed by atoms with Crippen molar-refractivity contribution in [2.75, 3.05) is 13.7 Å². The molecule has 1 amide bonds. The fourth-order valence-corrected chi connectivity index (χ4v) is 3.71. The molecule has 1 unspecified atom stereocenters. The number of unbranched alkanes of at least 4 members (excludes halogenated alkanes) is 3. The monoisotopic (exact) mass is 437 g/mol. The second-order valence-corrected chi connectivity index (χ2v) is 7.73. The summed E-state index contributed by atoms with van der Waals surface area (Å²) in [6.45, 7) is 0.721. The normalized spacial score (nSPS) is 18.3. The van der Waals surface area contributed by atoms with Gasteiger partial charge < -0.3 is 14.7 Å². The lowest BCUT2D eigenvalue weighted by Crippen LogP contribution is -2.32. The Morgan fingerprint density at radius 1 is 1.37 bits per heavy atom. The molecule has 6 heteroatoms. The number of aliphatic hydroxyl groups is 1. The zero-order valence-corrected chi connectivity index (χ0v) is 17.4. The summed E-state index contributed by atoms with van der Waals surface area (Å²) in [5, 5.41) is 10.3. The lowest BCUT2D eigenvalue weighted by molar-refractivity contribution is -0.140. The van der Waals surface area contributed by atoms with Crippen LogP contribution in [0.25, 0.3) is 0 Å². The molecule has 1 heterocycles. The number of hydrogen-bond acceptors (Lipinski definition) is 4. The summed E-state index contributed by atoms with van der Waals surface area (Å²) < 4.78 is 5.56. The van der Waals surface area contributed by atoms with Crippen molar-refractivity contribution < 1.29 is 19.4 Å². The van der Waals surface area contributed by atoms with Crippen LogP contribution in [0.4, 0.5) is 0 Å². The van der Waals surface area contributed by atoms with E-state index in [1.165, 1.54) is 7.11 Å². The Kier molecular flexibility index (Phi) is 9.01.